The normalized spacial score (nSPS) is 43.4. The van der Waals surface area contributed by atoms with Crippen molar-refractivity contribution in [2.75, 3.05) is 19.6 Å². The summed E-state index contributed by atoms with van der Waals surface area (Å²) in [6.45, 7) is 12.2. The molecule has 3 nitrogen and oxygen atoms in total. The van der Waals surface area contributed by atoms with Gasteiger partial charge in [0.1, 0.15) is 6.04 Å². The summed E-state index contributed by atoms with van der Waals surface area (Å²) in [4.78, 5) is 2.22. The van der Waals surface area contributed by atoms with Crippen LogP contribution in [-0.4, -0.2) is 30.6 Å². The van der Waals surface area contributed by atoms with Crippen molar-refractivity contribution in [2.45, 2.75) is 71.3 Å². The van der Waals surface area contributed by atoms with Crippen LogP contribution in [0.25, 0.3) is 0 Å². The second kappa shape index (κ2) is 8.16. The molecule has 6 unspecified atom stereocenters. The van der Waals surface area contributed by atoms with Gasteiger partial charge in [0.25, 0.3) is 0 Å². The Morgan fingerprint density at radius 1 is 1.07 bits per heavy atom. The van der Waals surface area contributed by atoms with E-state index >= 15 is 0 Å². The van der Waals surface area contributed by atoms with Crippen molar-refractivity contribution >= 4 is 0 Å². The van der Waals surface area contributed by atoms with Crippen LogP contribution in [0.15, 0.2) is 12.3 Å². The number of nitriles is 1. The van der Waals surface area contributed by atoms with E-state index in [9.17, 15) is 5.26 Å². The molecule has 1 N–H and O–H groups in total. The van der Waals surface area contributed by atoms with E-state index in [-0.39, 0.29) is 6.04 Å². The molecule has 3 heteroatoms. The first-order valence-corrected chi connectivity index (χ1v) is 11.6. The highest BCUT2D eigenvalue weighted by molar-refractivity contribution is 5.08. The molecule has 1 heterocycles. The zero-order chi connectivity index (χ0) is 19.0. The minimum atomic E-state index is 0.0547. The molecule has 1 aliphatic heterocycles. The number of nitrogens with zero attached hydrogens (tertiary/aromatic N) is 2. The predicted octanol–water partition coefficient (Wildman–Crippen LogP) is 4.81. The van der Waals surface area contributed by atoms with Crippen molar-refractivity contribution in [3.8, 4) is 6.07 Å². The van der Waals surface area contributed by atoms with Gasteiger partial charge in [-0.05, 0) is 99.3 Å². The average molecular weight is 370 g/mol. The minimum Gasteiger partial charge on any atom is -0.358 e. The van der Waals surface area contributed by atoms with Crippen LogP contribution in [0.2, 0.25) is 0 Å². The number of nitrogens with one attached hydrogen (secondary N) is 1. The van der Waals surface area contributed by atoms with Gasteiger partial charge in [0.05, 0.1) is 6.07 Å². The molecule has 3 saturated carbocycles. The standard InChI is InChI=1S/C24H39N3/c1-16-9-19-13-20-10-17(2)12-24(20)22(23(19)11-16)6-7-26-15-18(3)27-8-4-5-21(27)14-25/h16-17,19-24,26H,3-13,15H2,1-2H3/t16?,17?,19-,20+,21?,22?,23?,24?. The minimum absolute atomic E-state index is 0.0547. The quantitative estimate of drug-likeness (QED) is 0.683. The third kappa shape index (κ3) is 3.93. The lowest BCUT2D eigenvalue weighted by molar-refractivity contribution is 0.0662. The van der Waals surface area contributed by atoms with Crippen molar-refractivity contribution in [1.29, 1.82) is 5.26 Å². The molecule has 4 aliphatic rings. The Labute approximate surface area is 166 Å². The zero-order valence-electron chi connectivity index (χ0n) is 17.5. The maximum atomic E-state index is 9.29. The fourth-order valence-corrected chi connectivity index (χ4v) is 7.50. The maximum Gasteiger partial charge on any atom is 0.116 e. The summed E-state index contributed by atoms with van der Waals surface area (Å²) in [7, 11) is 0. The summed E-state index contributed by atoms with van der Waals surface area (Å²) < 4.78 is 0. The van der Waals surface area contributed by atoms with Crippen molar-refractivity contribution in [3.63, 3.8) is 0 Å². The lowest BCUT2D eigenvalue weighted by Crippen LogP contribution is -2.38. The SMILES string of the molecule is C=C(CNCCC1C2CC(C)C[C@@H]2C[C@@H]2CC(C)CC12)N1CCCC1C#N. The van der Waals surface area contributed by atoms with E-state index in [0.29, 0.717) is 0 Å². The van der Waals surface area contributed by atoms with Crippen molar-refractivity contribution in [3.05, 3.63) is 12.3 Å². The van der Waals surface area contributed by atoms with Gasteiger partial charge in [-0.25, -0.2) is 0 Å². The van der Waals surface area contributed by atoms with Gasteiger partial charge in [-0.3, -0.25) is 0 Å². The number of hydrogen-bond donors (Lipinski definition) is 1. The van der Waals surface area contributed by atoms with Gasteiger partial charge >= 0.3 is 0 Å². The van der Waals surface area contributed by atoms with E-state index in [1.165, 1.54) is 38.5 Å². The summed E-state index contributed by atoms with van der Waals surface area (Å²) >= 11 is 0. The predicted molar refractivity (Wildman–Crippen MR) is 111 cm³/mol. The van der Waals surface area contributed by atoms with Crippen LogP contribution in [0.1, 0.15) is 65.2 Å². The lowest BCUT2D eigenvalue weighted by Gasteiger charge is -2.43. The molecule has 0 aromatic heterocycles. The van der Waals surface area contributed by atoms with E-state index in [4.69, 9.17) is 0 Å². The van der Waals surface area contributed by atoms with Gasteiger partial charge in [0.15, 0.2) is 0 Å². The highest BCUT2D eigenvalue weighted by Crippen LogP contribution is 2.58. The summed E-state index contributed by atoms with van der Waals surface area (Å²) in [6.07, 6.45) is 11.0. The second-order valence-corrected chi connectivity index (χ2v) is 10.4. The van der Waals surface area contributed by atoms with Crippen molar-refractivity contribution < 1.29 is 0 Å². The van der Waals surface area contributed by atoms with Gasteiger partial charge in [0.2, 0.25) is 0 Å². The highest BCUT2D eigenvalue weighted by atomic mass is 15.2. The van der Waals surface area contributed by atoms with Crippen LogP contribution in [0.3, 0.4) is 0 Å². The Kier molecular flexibility index (Phi) is 5.83. The fourth-order valence-electron chi connectivity index (χ4n) is 7.50. The molecule has 0 bridgehead atoms. The number of fused-ring (bicyclic) bond motifs is 2. The molecular formula is C24H39N3. The summed E-state index contributed by atoms with van der Waals surface area (Å²) in [5.41, 5.74) is 1.11. The van der Waals surface area contributed by atoms with Gasteiger partial charge in [-0.1, -0.05) is 20.4 Å². The molecule has 27 heavy (non-hydrogen) atoms. The molecule has 4 fully saturated rings. The first kappa shape index (κ1) is 19.3. The molecule has 0 radical (unpaired) electrons. The van der Waals surface area contributed by atoms with Gasteiger partial charge in [0, 0.05) is 18.8 Å². The van der Waals surface area contributed by atoms with Crippen molar-refractivity contribution in [2.24, 2.45) is 41.4 Å². The van der Waals surface area contributed by atoms with Crippen LogP contribution >= 0.6 is 0 Å². The Morgan fingerprint density at radius 3 is 2.37 bits per heavy atom. The van der Waals surface area contributed by atoms with Gasteiger partial charge in [-0.15, -0.1) is 0 Å². The van der Waals surface area contributed by atoms with Crippen LogP contribution in [-0.2, 0) is 0 Å². The lowest BCUT2D eigenvalue weighted by atomic mass is 9.63. The third-order valence-electron chi connectivity index (χ3n) is 8.47. The van der Waals surface area contributed by atoms with E-state index in [1.807, 2.05) is 0 Å². The van der Waals surface area contributed by atoms with Crippen LogP contribution in [0, 0.1) is 52.8 Å². The van der Waals surface area contributed by atoms with E-state index in [2.05, 4.69) is 36.7 Å². The Bertz CT molecular complexity index is 555. The van der Waals surface area contributed by atoms with Gasteiger partial charge in [-0.2, -0.15) is 5.26 Å². The smallest absolute Gasteiger partial charge is 0.116 e. The number of hydrogen-bond acceptors (Lipinski definition) is 3. The maximum absolute atomic E-state index is 9.29. The first-order valence-electron chi connectivity index (χ1n) is 11.6. The van der Waals surface area contributed by atoms with Crippen LogP contribution in [0.5, 0.6) is 0 Å². The van der Waals surface area contributed by atoms with Crippen LogP contribution < -0.4 is 5.32 Å². The van der Waals surface area contributed by atoms with E-state index in [1.54, 1.807) is 0 Å². The molecule has 8 atom stereocenters. The molecule has 0 aromatic carbocycles. The molecule has 0 amide bonds. The molecule has 3 aliphatic carbocycles. The molecule has 150 valence electrons. The second-order valence-electron chi connectivity index (χ2n) is 10.4. The topological polar surface area (TPSA) is 39.1 Å². The average Bonchev–Trinajstić information content (AvgIpc) is 3.33. The first-order chi connectivity index (χ1) is 13.1. The highest BCUT2D eigenvalue weighted by Gasteiger charge is 2.50. The molecule has 1 saturated heterocycles. The zero-order valence-corrected chi connectivity index (χ0v) is 17.5. The number of likely N-dealkylation sites (tertiary alicyclic amines) is 1. The van der Waals surface area contributed by atoms with Crippen LogP contribution in [0.4, 0.5) is 0 Å². The Hall–Kier alpha value is -1.01. The largest absolute Gasteiger partial charge is 0.358 e. The molecule has 4 rings (SSSR count). The summed E-state index contributed by atoms with van der Waals surface area (Å²) in [5.74, 6) is 6.88. The van der Waals surface area contributed by atoms with E-state index < -0.39 is 0 Å². The Balaban J connectivity index is 1.30. The molecular weight excluding hydrogens is 330 g/mol. The molecule has 0 spiro atoms. The molecule has 0 aromatic rings. The summed E-state index contributed by atoms with van der Waals surface area (Å²) in [6, 6.07) is 2.49. The van der Waals surface area contributed by atoms with Gasteiger partial charge < -0.3 is 10.2 Å². The van der Waals surface area contributed by atoms with E-state index in [0.717, 1.165) is 79.6 Å². The fraction of sp³-hybridized carbons (Fsp3) is 0.875. The monoisotopic (exact) mass is 369 g/mol. The Morgan fingerprint density at radius 2 is 1.74 bits per heavy atom. The number of rotatable bonds is 6. The summed E-state index contributed by atoms with van der Waals surface area (Å²) in [5, 5.41) is 13.0. The third-order valence-corrected chi connectivity index (χ3v) is 8.47. The van der Waals surface area contributed by atoms with Crippen molar-refractivity contribution in [1.82, 2.24) is 10.2 Å².